The molecule has 0 aliphatic carbocycles. The van der Waals surface area contributed by atoms with Crippen LogP contribution in [0.15, 0.2) is 48.8 Å². The van der Waals surface area contributed by atoms with Crippen LogP contribution in [0.2, 0.25) is 5.02 Å². The molecule has 5 nitrogen and oxygen atoms in total. The fraction of sp³-hybridized carbons (Fsp3) is 0.158. The van der Waals surface area contributed by atoms with E-state index in [1.807, 2.05) is 6.07 Å². The molecule has 0 unspecified atom stereocenters. The molecule has 0 radical (unpaired) electrons. The first-order valence-corrected chi connectivity index (χ1v) is 8.64. The van der Waals surface area contributed by atoms with Gasteiger partial charge in [-0.3, -0.25) is 0 Å². The van der Waals surface area contributed by atoms with Gasteiger partial charge < -0.3 is 16.0 Å². The van der Waals surface area contributed by atoms with Gasteiger partial charge in [0.15, 0.2) is 11.6 Å². The number of anilines is 4. The van der Waals surface area contributed by atoms with Crippen LogP contribution in [0.25, 0.3) is 0 Å². The molecule has 0 fully saturated rings. The number of nitrogens with one attached hydrogen (secondary N) is 1. The molecule has 1 aliphatic rings. The van der Waals surface area contributed by atoms with E-state index in [2.05, 4.69) is 38.4 Å². The van der Waals surface area contributed by atoms with E-state index >= 15 is 0 Å². The molecule has 0 atom stereocenters. The van der Waals surface area contributed by atoms with E-state index in [0.29, 0.717) is 23.0 Å². The molecule has 3 N–H and O–H groups in total. The van der Waals surface area contributed by atoms with Crippen molar-refractivity contribution in [1.29, 1.82) is 0 Å². The second-order valence-corrected chi connectivity index (χ2v) is 6.56. The van der Waals surface area contributed by atoms with E-state index in [0.717, 1.165) is 19.5 Å². The summed E-state index contributed by atoms with van der Waals surface area (Å²) in [4.78, 5) is 10.7. The quantitative estimate of drug-likeness (QED) is 0.725. The number of benzene rings is 2. The van der Waals surface area contributed by atoms with Crippen molar-refractivity contribution < 1.29 is 4.39 Å². The van der Waals surface area contributed by atoms with E-state index in [1.54, 1.807) is 6.07 Å². The predicted molar refractivity (Wildman–Crippen MR) is 102 cm³/mol. The van der Waals surface area contributed by atoms with E-state index in [1.165, 1.54) is 29.6 Å². The van der Waals surface area contributed by atoms with Gasteiger partial charge in [-0.1, -0.05) is 35.9 Å². The number of nitrogens with zero attached hydrogens (tertiary/aromatic N) is 3. The Labute approximate surface area is 155 Å². The summed E-state index contributed by atoms with van der Waals surface area (Å²) in [6.07, 6.45) is 2.41. The topological polar surface area (TPSA) is 67.1 Å². The van der Waals surface area contributed by atoms with Gasteiger partial charge in [0.2, 0.25) is 0 Å². The fourth-order valence-corrected chi connectivity index (χ4v) is 3.31. The van der Waals surface area contributed by atoms with Gasteiger partial charge in [0, 0.05) is 18.8 Å². The number of fused-ring (bicyclic) bond motifs is 1. The van der Waals surface area contributed by atoms with E-state index in [4.69, 9.17) is 17.3 Å². The third kappa shape index (κ3) is 3.15. The summed E-state index contributed by atoms with van der Waals surface area (Å²) in [6.45, 7) is 1.58. The maximum absolute atomic E-state index is 13.3. The minimum atomic E-state index is -0.472. The van der Waals surface area contributed by atoms with E-state index < -0.39 is 5.82 Å². The molecule has 1 aromatic heterocycles. The monoisotopic (exact) mass is 369 g/mol. The number of hydrogen-bond donors (Lipinski definition) is 2. The predicted octanol–water partition coefficient (Wildman–Crippen LogP) is 4.16. The molecule has 3 aromatic rings. The van der Waals surface area contributed by atoms with Crippen LogP contribution in [0.5, 0.6) is 0 Å². The van der Waals surface area contributed by atoms with E-state index in [9.17, 15) is 4.39 Å². The van der Waals surface area contributed by atoms with Gasteiger partial charge >= 0.3 is 0 Å². The van der Waals surface area contributed by atoms with Crippen molar-refractivity contribution in [2.75, 3.05) is 22.5 Å². The van der Waals surface area contributed by atoms with Gasteiger partial charge in [-0.2, -0.15) is 0 Å². The Morgan fingerprint density at radius 2 is 1.92 bits per heavy atom. The zero-order valence-electron chi connectivity index (χ0n) is 13.9. The molecule has 2 aromatic carbocycles. The third-order valence-electron chi connectivity index (χ3n) is 4.48. The number of halogens is 2. The van der Waals surface area contributed by atoms with Crippen LogP contribution < -0.4 is 16.0 Å². The highest BCUT2D eigenvalue weighted by Gasteiger charge is 2.20. The Hall–Kier alpha value is -2.86. The Morgan fingerprint density at radius 3 is 2.73 bits per heavy atom. The number of nitrogens with two attached hydrogens (primary N) is 1. The Balaban J connectivity index is 1.61. The SMILES string of the molecule is Nc1c(Nc2ccc(F)c(Cl)c2)ncnc1N1CCc2ccccc2C1. The molecule has 0 bridgehead atoms. The van der Waals surface area contributed by atoms with Crippen LogP contribution in [0.1, 0.15) is 11.1 Å². The maximum atomic E-state index is 13.3. The Kier molecular flexibility index (Phi) is 4.34. The standard InChI is InChI=1S/C19H17ClFN5/c20-15-9-14(5-6-16(15)21)25-18-17(22)19(24-11-23-18)26-8-7-12-3-1-2-4-13(12)10-26/h1-6,9,11H,7-8,10,22H2,(H,23,24,25). The van der Waals surface area contributed by atoms with Crippen LogP contribution in [0, 0.1) is 5.82 Å². The highest BCUT2D eigenvalue weighted by atomic mass is 35.5. The maximum Gasteiger partial charge on any atom is 0.159 e. The minimum absolute atomic E-state index is 0.0375. The molecule has 2 heterocycles. The summed E-state index contributed by atoms with van der Waals surface area (Å²) in [5, 5.41) is 3.12. The summed E-state index contributed by atoms with van der Waals surface area (Å²) >= 11 is 5.83. The molecule has 132 valence electrons. The largest absolute Gasteiger partial charge is 0.393 e. The fourth-order valence-electron chi connectivity index (χ4n) is 3.12. The number of aromatic nitrogens is 2. The summed E-state index contributed by atoms with van der Waals surface area (Å²) < 4.78 is 13.3. The molecule has 0 spiro atoms. The second-order valence-electron chi connectivity index (χ2n) is 6.15. The van der Waals surface area contributed by atoms with Crippen LogP contribution in [0.3, 0.4) is 0 Å². The van der Waals surface area contributed by atoms with Gasteiger partial charge in [0.05, 0.1) is 5.02 Å². The zero-order chi connectivity index (χ0) is 18.1. The van der Waals surface area contributed by atoms with Crippen molar-refractivity contribution in [1.82, 2.24) is 9.97 Å². The second kappa shape index (κ2) is 6.80. The normalized spacial score (nSPS) is 13.4. The van der Waals surface area contributed by atoms with Crippen molar-refractivity contribution in [2.24, 2.45) is 0 Å². The molecule has 0 saturated carbocycles. The summed E-state index contributed by atoms with van der Waals surface area (Å²) in [5.74, 6) is 0.683. The highest BCUT2D eigenvalue weighted by molar-refractivity contribution is 6.31. The van der Waals surface area contributed by atoms with Crippen molar-refractivity contribution in [3.63, 3.8) is 0 Å². The first-order chi connectivity index (χ1) is 12.6. The molecule has 0 saturated heterocycles. The first kappa shape index (κ1) is 16.6. The average molecular weight is 370 g/mol. The molecule has 1 aliphatic heterocycles. The lowest BCUT2D eigenvalue weighted by atomic mass is 10.00. The van der Waals surface area contributed by atoms with Crippen LogP contribution in [-0.2, 0) is 13.0 Å². The van der Waals surface area contributed by atoms with Crippen molar-refractivity contribution in [3.8, 4) is 0 Å². The molecule has 26 heavy (non-hydrogen) atoms. The van der Waals surface area contributed by atoms with Crippen LogP contribution >= 0.6 is 11.6 Å². The molecule has 4 rings (SSSR count). The summed E-state index contributed by atoms with van der Waals surface area (Å²) in [5.41, 5.74) is 10.0. The summed E-state index contributed by atoms with van der Waals surface area (Å²) in [6, 6.07) is 12.7. The van der Waals surface area contributed by atoms with Crippen LogP contribution in [-0.4, -0.2) is 16.5 Å². The number of rotatable bonds is 3. The van der Waals surface area contributed by atoms with Crippen molar-refractivity contribution in [2.45, 2.75) is 13.0 Å². The molecular formula is C19H17ClFN5. The Morgan fingerprint density at radius 1 is 1.12 bits per heavy atom. The number of hydrogen-bond acceptors (Lipinski definition) is 5. The highest BCUT2D eigenvalue weighted by Crippen LogP contribution is 2.32. The molecular weight excluding hydrogens is 353 g/mol. The smallest absolute Gasteiger partial charge is 0.159 e. The van der Waals surface area contributed by atoms with Gasteiger partial charge in [-0.25, -0.2) is 14.4 Å². The summed E-state index contributed by atoms with van der Waals surface area (Å²) in [7, 11) is 0. The first-order valence-electron chi connectivity index (χ1n) is 8.26. The van der Waals surface area contributed by atoms with Gasteiger partial charge in [-0.15, -0.1) is 0 Å². The molecule has 7 heteroatoms. The van der Waals surface area contributed by atoms with Gasteiger partial charge in [-0.05, 0) is 35.7 Å². The third-order valence-corrected chi connectivity index (χ3v) is 4.77. The average Bonchev–Trinajstić information content (AvgIpc) is 2.66. The minimum Gasteiger partial charge on any atom is -0.393 e. The molecule has 0 amide bonds. The van der Waals surface area contributed by atoms with Crippen molar-refractivity contribution in [3.05, 3.63) is 70.8 Å². The lowest BCUT2D eigenvalue weighted by molar-refractivity contribution is 0.628. The Bertz CT molecular complexity index is 962. The lowest BCUT2D eigenvalue weighted by Crippen LogP contribution is -2.31. The van der Waals surface area contributed by atoms with Crippen LogP contribution in [0.4, 0.5) is 27.4 Å². The number of nitrogen functional groups attached to an aromatic ring is 1. The lowest BCUT2D eigenvalue weighted by Gasteiger charge is -2.30. The van der Waals surface area contributed by atoms with Gasteiger partial charge in [0.25, 0.3) is 0 Å². The van der Waals surface area contributed by atoms with E-state index in [-0.39, 0.29) is 5.02 Å². The van der Waals surface area contributed by atoms with Crippen molar-refractivity contribution >= 4 is 34.6 Å². The van der Waals surface area contributed by atoms with Gasteiger partial charge in [0.1, 0.15) is 17.8 Å². The zero-order valence-corrected chi connectivity index (χ0v) is 14.7.